The quantitative estimate of drug-likeness (QED) is 0.550. The zero-order chi connectivity index (χ0) is 8.10. The molecular weight excluding hydrogens is 160 g/mol. The molecule has 0 radical (unpaired) electrons. The lowest BCUT2D eigenvalue weighted by Gasteiger charge is -1.97. The Balaban J connectivity index is 2.83. The summed E-state index contributed by atoms with van der Waals surface area (Å²) in [6.45, 7) is 0. The summed E-state index contributed by atoms with van der Waals surface area (Å²) in [5.41, 5.74) is 0.669. The largest absolute Gasteiger partial charge is 0.298 e. The molecule has 1 aliphatic rings. The minimum atomic E-state index is 0.669. The molecule has 0 aromatic rings. The molecule has 0 aliphatic heterocycles. The van der Waals surface area contributed by atoms with Crippen molar-refractivity contribution in [3.05, 3.63) is 34.9 Å². The van der Waals surface area contributed by atoms with Crippen LogP contribution in [0.3, 0.4) is 0 Å². The molecule has 0 saturated carbocycles. The van der Waals surface area contributed by atoms with Crippen LogP contribution < -0.4 is 0 Å². The summed E-state index contributed by atoms with van der Waals surface area (Å²) in [7, 11) is 0. The third-order valence-electron chi connectivity index (χ3n) is 1.45. The van der Waals surface area contributed by atoms with Gasteiger partial charge in [0.15, 0.2) is 0 Å². The number of carbonyl (C=O) groups excluding carboxylic acids is 1. The molecule has 0 heterocycles. The van der Waals surface area contributed by atoms with Gasteiger partial charge in [0.2, 0.25) is 0 Å². The molecule has 0 bridgehead atoms. The minimum absolute atomic E-state index is 0.669. The first-order chi connectivity index (χ1) is 5.33. The first kappa shape index (κ1) is 8.28. The van der Waals surface area contributed by atoms with Crippen LogP contribution in [0.1, 0.15) is 12.8 Å². The van der Waals surface area contributed by atoms with Gasteiger partial charge in [-0.05, 0) is 18.9 Å². The molecule has 11 heavy (non-hydrogen) atoms. The molecule has 1 aliphatic carbocycles. The third kappa shape index (κ3) is 2.72. The number of halogens is 1. The van der Waals surface area contributed by atoms with Crippen LogP contribution in [0.5, 0.6) is 0 Å². The summed E-state index contributed by atoms with van der Waals surface area (Å²) in [6.07, 6.45) is 9.85. The number of allylic oxidation sites excluding steroid dienone is 6. The van der Waals surface area contributed by atoms with E-state index in [0.29, 0.717) is 5.57 Å². The van der Waals surface area contributed by atoms with E-state index in [0.717, 1.165) is 24.2 Å². The van der Waals surface area contributed by atoms with Crippen molar-refractivity contribution in [1.29, 1.82) is 0 Å². The van der Waals surface area contributed by atoms with Crippen LogP contribution in [0.25, 0.3) is 0 Å². The first-order valence-electron chi connectivity index (χ1n) is 3.51. The van der Waals surface area contributed by atoms with Crippen molar-refractivity contribution in [1.82, 2.24) is 0 Å². The molecule has 58 valence electrons. The molecular formula is C9H9ClO. The highest BCUT2D eigenvalue weighted by atomic mass is 35.5. The zero-order valence-electron chi connectivity index (χ0n) is 6.09. The predicted molar refractivity (Wildman–Crippen MR) is 46.5 cm³/mol. The van der Waals surface area contributed by atoms with E-state index in [1.807, 2.05) is 12.2 Å². The summed E-state index contributed by atoms with van der Waals surface area (Å²) in [5, 5.41) is 0.800. The van der Waals surface area contributed by atoms with Crippen LogP contribution in [-0.4, -0.2) is 6.29 Å². The minimum Gasteiger partial charge on any atom is -0.298 e. The number of aldehydes is 1. The van der Waals surface area contributed by atoms with Crippen molar-refractivity contribution in [3.63, 3.8) is 0 Å². The Morgan fingerprint density at radius 3 is 3.00 bits per heavy atom. The maximum atomic E-state index is 10.3. The van der Waals surface area contributed by atoms with Gasteiger partial charge in [0.25, 0.3) is 0 Å². The van der Waals surface area contributed by atoms with Crippen molar-refractivity contribution in [2.24, 2.45) is 0 Å². The Hall–Kier alpha value is -0.820. The van der Waals surface area contributed by atoms with Crippen LogP contribution >= 0.6 is 11.6 Å². The number of hydrogen-bond donors (Lipinski definition) is 0. The fourth-order valence-corrected chi connectivity index (χ4v) is 1.02. The summed E-state index contributed by atoms with van der Waals surface area (Å²) in [6, 6.07) is 0. The van der Waals surface area contributed by atoms with Crippen molar-refractivity contribution in [3.8, 4) is 0 Å². The number of rotatable bonds is 1. The van der Waals surface area contributed by atoms with Crippen molar-refractivity contribution in [2.75, 3.05) is 0 Å². The summed E-state index contributed by atoms with van der Waals surface area (Å²) in [4.78, 5) is 10.3. The molecule has 0 N–H and O–H groups in total. The smallest absolute Gasteiger partial charge is 0.150 e. The maximum Gasteiger partial charge on any atom is 0.150 e. The van der Waals surface area contributed by atoms with Gasteiger partial charge in [0, 0.05) is 10.6 Å². The highest BCUT2D eigenvalue weighted by Crippen LogP contribution is 2.14. The molecule has 0 amide bonds. The fraction of sp³-hybridized carbons (Fsp3) is 0.222. The van der Waals surface area contributed by atoms with E-state index in [2.05, 4.69) is 0 Å². The monoisotopic (exact) mass is 168 g/mol. The van der Waals surface area contributed by atoms with Gasteiger partial charge in [-0.3, -0.25) is 4.79 Å². The van der Waals surface area contributed by atoms with E-state index >= 15 is 0 Å². The lowest BCUT2D eigenvalue weighted by Crippen LogP contribution is -1.82. The van der Waals surface area contributed by atoms with E-state index in [4.69, 9.17) is 11.6 Å². The standard InChI is InChI=1S/C9H9ClO/c10-9-4-2-1-3-8(7-11)5-6-9/h1,3,5-7H,2,4H2. The van der Waals surface area contributed by atoms with Crippen LogP contribution in [-0.2, 0) is 4.79 Å². The van der Waals surface area contributed by atoms with Gasteiger partial charge >= 0.3 is 0 Å². The molecule has 0 aromatic carbocycles. The fourth-order valence-electron chi connectivity index (χ4n) is 0.845. The molecule has 0 fully saturated rings. The Bertz CT molecular complexity index is 236. The Kier molecular flexibility index (Phi) is 3.12. The molecule has 0 aromatic heterocycles. The second-order valence-corrected chi connectivity index (χ2v) is 2.82. The molecule has 2 heteroatoms. The second-order valence-electron chi connectivity index (χ2n) is 2.34. The molecule has 0 atom stereocenters. The molecule has 1 rings (SSSR count). The highest BCUT2D eigenvalue weighted by Gasteiger charge is 1.94. The Morgan fingerprint density at radius 2 is 2.27 bits per heavy atom. The molecule has 1 nitrogen and oxygen atoms in total. The average molecular weight is 169 g/mol. The first-order valence-corrected chi connectivity index (χ1v) is 3.89. The lowest BCUT2D eigenvalue weighted by molar-refractivity contribution is -0.104. The molecule has 0 saturated heterocycles. The highest BCUT2D eigenvalue weighted by molar-refractivity contribution is 6.29. The average Bonchev–Trinajstić information content (AvgIpc) is 1.98. The zero-order valence-corrected chi connectivity index (χ0v) is 6.84. The van der Waals surface area contributed by atoms with Crippen molar-refractivity contribution in [2.45, 2.75) is 12.8 Å². The van der Waals surface area contributed by atoms with E-state index in [9.17, 15) is 4.79 Å². The topological polar surface area (TPSA) is 17.1 Å². The van der Waals surface area contributed by atoms with Gasteiger partial charge in [-0.1, -0.05) is 29.8 Å². The van der Waals surface area contributed by atoms with Gasteiger partial charge in [-0.2, -0.15) is 0 Å². The summed E-state index contributed by atoms with van der Waals surface area (Å²) < 4.78 is 0. The predicted octanol–water partition coefficient (Wildman–Crippen LogP) is 2.58. The third-order valence-corrected chi connectivity index (χ3v) is 1.77. The van der Waals surface area contributed by atoms with Gasteiger partial charge in [-0.15, -0.1) is 0 Å². The van der Waals surface area contributed by atoms with Crippen LogP contribution in [0.15, 0.2) is 34.9 Å². The Labute approximate surface area is 71.0 Å². The number of carbonyl (C=O) groups is 1. The van der Waals surface area contributed by atoms with E-state index in [-0.39, 0.29) is 0 Å². The molecule has 0 unspecified atom stereocenters. The van der Waals surface area contributed by atoms with E-state index < -0.39 is 0 Å². The van der Waals surface area contributed by atoms with Gasteiger partial charge in [0.1, 0.15) is 6.29 Å². The van der Waals surface area contributed by atoms with Crippen LogP contribution in [0.2, 0.25) is 0 Å². The van der Waals surface area contributed by atoms with Crippen LogP contribution in [0, 0.1) is 0 Å². The maximum absolute atomic E-state index is 10.3. The lowest BCUT2D eigenvalue weighted by atomic mass is 10.1. The number of hydrogen-bond acceptors (Lipinski definition) is 1. The van der Waals surface area contributed by atoms with Crippen LogP contribution in [0.4, 0.5) is 0 Å². The SMILES string of the molecule is O=CC1=CC=C(Cl)CCC=C1. The molecule has 0 spiro atoms. The normalized spacial score (nSPS) is 17.9. The Morgan fingerprint density at radius 1 is 1.45 bits per heavy atom. The van der Waals surface area contributed by atoms with Gasteiger partial charge in [0.05, 0.1) is 0 Å². The van der Waals surface area contributed by atoms with Crippen molar-refractivity contribution >= 4 is 17.9 Å². The van der Waals surface area contributed by atoms with E-state index in [1.165, 1.54) is 0 Å². The van der Waals surface area contributed by atoms with Crippen molar-refractivity contribution < 1.29 is 4.79 Å². The van der Waals surface area contributed by atoms with Gasteiger partial charge in [-0.25, -0.2) is 0 Å². The van der Waals surface area contributed by atoms with E-state index in [1.54, 1.807) is 12.2 Å². The second kappa shape index (κ2) is 4.14. The summed E-state index contributed by atoms with van der Waals surface area (Å²) >= 11 is 5.78. The van der Waals surface area contributed by atoms with Gasteiger partial charge < -0.3 is 0 Å². The summed E-state index contributed by atoms with van der Waals surface area (Å²) in [5.74, 6) is 0.